The van der Waals surface area contributed by atoms with Gasteiger partial charge in [0, 0.05) is 47.5 Å². The van der Waals surface area contributed by atoms with Crippen LogP contribution in [-0.2, 0) is 9.59 Å². The van der Waals surface area contributed by atoms with Crippen LogP contribution in [0.3, 0.4) is 0 Å². The lowest BCUT2D eigenvalue weighted by Gasteiger charge is -2.15. The van der Waals surface area contributed by atoms with Crippen molar-refractivity contribution in [2.24, 2.45) is 0 Å². The van der Waals surface area contributed by atoms with Gasteiger partial charge in [-0.3, -0.25) is 19.7 Å². The van der Waals surface area contributed by atoms with Crippen LogP contribution in [0.4, 0.5) is 16.5 Å². The first-order valence-electron chi connectivity index (χ1n) is 14.0. The van der Waals surface area contributed by atoms with Gasteiger partial charge in [-0.2, -0.15) is 9.36 Å². The van der Waals surface area contributed by atoms with Gasteiger partial charge < -0.3 is 15.5 Å². The molecule has 0 fully saturated rings. The van der Waals surface area contributed by atoms with Crippen molar-refractivity contribution in [1.29, 1.82) is 0 Å². The number of anilines is 3. The topological polar surface area (TPSA) is 116 Å². The summed E-state index contributed by atoms with van der Waals surface area (Å²) in [7, 11) is 3.90. The first-order valence-corrected chi connectivity index (χ1v) is 16.6. The minimum atomic E-state index is -0.477. The van der Waals surface area contributed by atoms with Crippen molar-refractivity contribution in [1.82, 2.24) is 14.7 Å². The summed E-state index contributed by atoms with van der Waals surface area (Å²) in [6.45, 7) is 3.96. The molecule has 0 aliphatic rings. The molecule has 0 aliphatic carbocycles. The molecule has 0 bridgehead atoms. The molecule has 1 atom stereocenters. The van der Waals surface area contributed by atoms with Crippen LogP contribution in [0.25, 0.3) is 6.08 Å². The normalized spacial score (nSPS) is 11.9. The first kappa shape index (κ1) is 32.8. The Morgan fingerprint density at radius 2 is 1.70 bits per heavy atom. The third-order valence-corrected chi connectivity index (χ3v) is 9.03. The summed E-state index contributed by atoms with van der Waals surface area (Å²) in [5.74, 6) is -0.181. The molecule has 0 radical (unpaired) electrons. The van der Waals surface area contributed by atoms with Crippen LogP contribution in [0.15, 0.2) is 94.6 Å². The lowest BCUT2D eigenvalue weighted by atomic mass is 10.1. The molecule has 0 saturated heterocycles. The van der Waals surface area contributed by atoms with Crippen molar-refractivity contribution in [3.63, 3.8) is 0 Å². The van der Waals surface area contributed by atoms with Gasteiger partial charge in [-0.1, -0.05) is 62.0 Å². The monoisotopic (exact) mass is 646 g/mol. The molecule has 12 heteroatoms. The number of nitrogens with one attached hydrogen (secondary N) is 3. The molecular weight excluding hydrogens is 613 g/mol. The summed E-state index contributed by atoms with van der Waals surface area (Å²) in [5, 5.41) is 9.29. The van der Waals surface area contributed by atoms with Gasteiger partial charge in [0.25, 0.3) is 11.8 Å². The Bertz CT molecular complexity index is 1610. The fourth-order valence-corrected chi connectivity index (χ4v) is 6.23. The number of aromatic nitrogens is 2. The number of nitrogens with zero attached hydrogens (tertiary/aromatic N) is 3. The Morgan fingerprint density at radius 1 is 0.955 bits per heavy atom. The fourth-order valence-electron chi connectivity index (χ4n) is 3.94. The molecule has 3 amide bonds. The zero-order valence-corrected chi connectivity index (χ0v) is 27.3. The SMILES string of the molecule is CCSc1nsc(NC(=O)C(CC)Sc2cccc(NC(=O)/C(=C\c3ccc(N(C)C)cc3)NC(=O)c3ccccc3)c2)n1. The standard InChI is InChI=1S/C32H34N6O3S3/c1-5-27(30(41)35-31-36-32(37-44-31)42-6-2)43-25-14-10-13-23(20-25)33-29(40)26(34-28(39)22-11-8-7-9-12-22)19-21-15-17-24(18-16-21)38(3)4/h7-20,27H,5-6H2,1-4H3,(H,33,40)(H,34,39)(H,35,36,37,41)/b26-19+. The lowest BCUT2D eigenvalue weighted by Crippen LogP contribution is -2.30. The van der Waals surface area contributed by atoms with Crippen molar-refractivity contribution in [2.45, 2.75) is 35.6 Å². The Balaban J connectivity index is 1.49. The van der Waals surface area contributed by atoms with E-state index in [1.807, 2.05) is 81.4 Å². The van der Waals surface area contributed by atoms with E-state index in [1.54, 1.807) is 36.4 Å². The zero-order valence-electron chi connectivity index (χ0n) is 24.9. The summed E-state index contributed by atoms with van der Waals surface area (Å²) >= 11 is 4.08. The molecule has 1 aromatic heterocycles. The molecular formula is C32H34N6O3S3. The minimum Gasteiger partial charge on any atom is -0.378 e. The number of benzene rings is 3. The second-order valence-corrected chi connectivity index (χ2v) is 12.9. The van der Waals surface area contributed by atoms with E-state index >= 15 is 0 Å². The molecule has 0 aliphatic heterocycles. The number of carbonyl (C=O) groups excluding carboxylic acids is 3. The highest BCUT2D eigenvalue weighted by molar-refractivity contribution is 8.00. The third-order valence-electron chi connectivity index (χ3n) is 6.19. The second kappa shape index (κ2) is 16.1. The average Bonchev–Trinajstić information content (AvgIpc) is 3.47. The van der Waals surface area contributed by atoms with Crippen LogP contribution in [0.2, 0.25) is 0 Å². The van der Waals surface area contributed by atoms with Gasteiger partial charge in [-0.15, -0.1) is 11.8 Å². The van der Waals surface area contributed by atoms with Crippen LogP contribution in [0.5, 0.6) is 0 Å². The highest BCUT2D eigenvalue weighted by atomic mass is 32.2. The summed E-state index contributed by atoms with van der Waals surface area (Å²) in [4.78, 5) is 46.7. The van der Waals surface area contributed by atoms with E-state index in [4.69, 9.17) is 0 Å². The zero-order chi connectivity index (χ0) is 31.5. The van der Waals surface area contributed by atoms with E-state index < -0.39 is 11.8 Å². The van der Waals surface area contributed by atoms with Gasteiger partial charge in [-0.25, -0.2) is 0 Å². The molecule has 9 nitrogen and oxygen atoms in total. The Labute approximate surface area is 270 Å². The summed E-state index contributed by atoms with van der Waals surface area (Å²) < 4.78 is 4.25. The maximum atomic E-state index is 13.5. The predicted octanol–water partition coefficient (Wildman–Crippen LogP) is 6.64. The molecule has 3 aromatic carbocycles. The Kier molecular flexibility index (Phi) is 12.0. The summed E-state index contributed by atoms with van der Waals surface area (Å²) in [6, 6.07) is 23.6. The van der Waals surface area contributed by atoms with Crippen molar-refractivity contribution in [3.05, 3.63) is 95.7 Å². The van der Waals surface area contributed by atoms with Crippen molar-refractivity contribution in [3.8, 4) is 0 Å². The van der Waals surface area contributed by atoms with Gasteiger partial charge in [-0.05, 0) is 66.3 Å². The van der Waals surface area contributed by atoms with Crippen LogP contribution in [0.1, 0.15) is 36.2 Å². The van der Waals surface area contributed by atoms with E-state index in [1.165, 1.54) is 23.5 Å². The Morgan fingerprint density at radius 3 is 2.39 bits per heavy atom. The quantitative estimate of drug-likeness (QED) is 0.109. The number of carbonyl (C=O) groups is 3. The molecule has 3 N–H and O–H groups in total. The van der Waals surface area contributed by atoms with Crippen LogP contribution < -0.4 is 20.9 Å². The molecule has 228 valence electrons. The number of thioether (sulfide) groups is 2. The highest BCUT2D eigenvalue weighted by Crippen LogP contribution is 2.29. The second-order valence-electron chi connectivity index (χ2n) is 9.67. The van der Waals surface area contributed by atoms with Gasteiger partial charge in [0.15, 0.2) is 0 Å². The Hall–Kier alpha value is -4.13. The van der Waals surface area contributed by atoms with Crippen molar-refractivity contribution >= 4 is 75.4 Å². The van der Waals surface area contributed by atoms with Crippen molar-refractivity contribution < 1.29 is 14.4 Å². The van der Waals surface area contributed by atoms with E-state index in [-0.39, 0.29) is 16.9 Å². The van der Waals surface area contributed by atoms with Crippen LogP contribution in [-0.4, -0.2) is 52.2 Å². The van der Waals surface area contributed by atoms with Gasteiger partial charge in [0.05, 0.1) is 5.25 Å². The number of rotatable bonds is 13. The average molecular weight is 647 g/mol. The first-order chi connectivity index (χ1) is 21.2. The molecule has 4 rings (SSSR count). The third kappa shape index (κ3) is 9.43. The number of hydrogen-bond acceptors (Lipinski definition) is 9. The van der Waals surface area contributed by atoms with Crippen LogP contribution in [0, 0.1) is 0 Å². The molecule has 1 unspecified atom stereocenters. The fraction of sp³-hybridized carbons (Fsp3) is 0.219. The number of amides is 3. The molecule has 0 saturated carbocycles. The van der Waals surface area contributed by atoms with Gasteiger partial charge in [0.1, 0.15) is 5.70 Å². The van der Waals surface area contributed by atoms with E-state index in [0.717, 1.165) is 33.4 Å². The largest absolute Gasteiger partial charge is 0.378 e. The maximum absolute atomic E-state index is 13.5. The summed E-state index contributed by atoms with van der Waals surface area (Å²) in [6.07, 6.45) is 2.23. The van der Waals surface area contributed by atoms with E-state index in [9.17, 15) is 14.4 Å². The van der Waals surface area contributed by atoms with E-state index in [0.29, 0.717) is 28.0 Å². The maximum Gasteiger partial charge on any atom is 0.272 e. The highest BCUT2D eigenvalue weighted by Gasteiger charge is 2.21. The lowest BCUT2D eigenvalue weighted by molar-refractivity contribution is -0.116. The van der Waals surface area contributed by atoms with Crippen molar-refractivity contribution in [2.75, 3.05) is 35.4 Å². The summed E-state index contributed by atoms with van der Waals surface area (Å²) in [5.41, 5.74) is 2.83. The smallest absolute Gasteiger partial charge is 0.272 e. The number of hydrogen-bond donors (Lipinski definition) is 3. The molecule has 44 heavy (non-hydrogen) atoms. The predicted molar refractivity (Wildman–Crippen MR) is 183 cm³/mol. The molecule has 1 heterocycles. The molecule has 0 spiro atoms. The van der Waals surface area contributed by atoms with E-state index in [2.05, 4.69) is 25.3 Å². The van der Waals surface area contributed by atoms with Gasteiger partial charge in [0.2, 0.25) is 16.2 Å². The van der Waals surface area contributed by atoms with Crippen LogP contribution >= 0.6 is 35.1 Å². The minimum absolute atomic E-state index is 0.0954. The molecule has 4 aromatic rings. The van der Waals surface area contributed by atoms with Gasteiger partial charge >= 0.3 is 0 Å².